The number of nitrogens with one attached hydrogen (secondary N) is 3. The normalized spacial score (nSPS) is 16.4. The molecule has 4 rings (SSSR count). The number of hydrogen-bond donors (Lipinski definition) is 7. The molecule has 2 aromatic rings. The number of aliphatic carboxylic acids is 2. The van der Waals surface area contributed by atoms with Crippen LogP contribution in [0.25, 0.3) is 0 Å². The second-order valence-electron chi connectivity index (χ2n) is 13.9. The Labute approximate surface area is 342 Å². The summed E-state index contributed by atoms with van der Waals surface area (Å²) in [4.78, 5) is 63.2. The Hall–Kier alpha value is -4.63. The van der Waals surface area contributed by atoms with Crippen LogP contribution in [0.4, 0.5) is 31.1 Å². The third kappa shape index (κ3) is 21.3. The number of halogens is 6. The quantitative estimate of drug-likeness (QED) is 0.0943. The van der Waals surface area contributed by atoms with E-state index in [1.54, 1.807) is 22.9 Å². The molecule has 1 aromatic carbocycles. The fourth-order valence-electron chi connectivity index (χ4n) is 6.12. The van der Waals surface area contributed by atoms with Crippen molar-refractivity contribution in [1.29, 1.82) is 0 Å². The van der Waals surface area contributed by atoms with Crippen molar-refractivity contribution in [2.45, 2.75) is 112 Å². The molecule has 1 saturated heterocycles. The Bertz CT molecular complexity index is 1560. The van der Waals surface area contributed by atoms with Crippen LogP contribution in [0.1, 0.15) is 69.8 Å². The summed E-state index contributed by atoms with van der Waals surface area (Å²) in [5.74, 6) is -4.87. The summed E-state index contributed by atoms with van der Waals surface area (Å²) in [5.41, 5.74) is 6.92. The third-order valence-electron chi connectivity index (χ3n) is 9.28. The Kier molecular flexibility index (Phi) is 22.1. The lowest BCUT2D eigenvalue weighted by Crippen LogP contribution is -2.54. The van der Waals surface area contributed by atoms with E-state index in [0.717, 1.165) is 42.7 Å². The lowest BCUT2D eigenvalue weighted by molar-refractivity contribution is -0.193. The van der Waals surface area contributed by atoms with E-state index in [0.29, 0.717) is 37.6 Å². The summed E-state index contributed by atoms with van der Waals surface area (Å²) in [6.07, 6.45) is -0.0359. The van der Waals surface area contributed by atoms with Crippen LogP contribution in [0.2, 0.25) is 0 Å². The predicted molar refractivity (Wildman–Crippen MR) is 205 cm³/mol. The molecule has 21 heteroatoms. The highest BCUT2D eigenvalue weighted by atomic mass is 32.2. The summed E-state index contributed by atoms with van der Waals surface area (Å²) in [7, 11) is 0. The van der Waals surface area contributed by atoms with Gasteiger partial charge in [-0.2, -0.15) is 26.3 Å². The van der Waals surface area contributed by atoms with E-state index in [-0.39, 0.29) is 42.9 Å². The first-order valence-electron chi connectivity index (χ1n) is 19.0. The van der Waals surface area contributed by atoms with Gasteiger partial charge >= 0.3 is 30.3 Å². The first kappa shape index (κ1) is 50.5. The lowest BCUT2D eigenvalue weighted by atomic mass is 9.83. The molecule has 2 heterocycles. The molecule has 0 radical (unpaired) electrons. The van der Waals surface area contributed by atoms with Crippen LogP contribution in [0, 0.1) is 5.92 Å². The molecule has 0 spiro atoms. The van der Waals surface area contributed by atoms with Crippen LogP contribution in [0.3, 0.4) is 0 Å². The number of pyridine rings is 1. The summed E-state index contributed by atoms with van der Waals surface area (Å²) < 4.78 is 63.5. The molecule has 1 saturated carbocycles. The number of aliphatic hydroxyl groups is 1. The number of benzene rings is 1. The fourth-order valence-corrected chi connectivity index (χ4v) is 6.99. The van der Waals surface area contributed by atoms with Crippen molar-refractivity contribution in [3.05, 3.63) is 60.3 Å². The summed E-state index contributed by atoms with van der Waals surface area (Å²) in [6.45, 7) is 1.25. The van der Waals surface area contributed by atoms with Crippen LogP contribution in [-0.4, -0.2) is 117 Å². The number of hydrogen-bond acceptors (Lipinski definition) is 9. The maximum Gasteiger partial charge on any atom is 0.490 e. The number of urea groups is 1. The van der Waals surface area contributed by atoms with Gasteiger partial charge in [0.1, 0.15) is 6.04 Å². The maximum absolute atomic E-state index is 13.3. The highest BCUT2D eigenvalue weighted by molar-refractivity contribution is 7.99. The molecule has 0 unspecified atom stereocenters. The number of carboxylic acids is 2. The first-order valence-corrected chi connectivity index (χ1v) is 20.0. The van der Waals surface area contributed by atoms with Gasteiger partial charge in [-0.3, -0.25) is 9.59 Å². The Morgan fingerprint density at radius 3 is 1.97 bits per heavy atom. The second kappa shape index (κ2) is 25.8. The molecular weight excluding hydrogens is 815 g/mol. The average molecular weight is 867 g/mol. The highest BCUT2D eigenvalue weighted by Crippen LogP contribution is 2.29. The molecule has 2 aliphatic rings. The SMILES string of the molecule is NC1CCN(C(=O)N[C@@H](Cc2ccccc2)C(=O)NCCC(=O)N[C@@H](CC2CCCCC2)[C@@H](O)CCSc2ccccn2)CC1.O=C(O)C(F)(F)F.O=C(O)C(F)(F)F. The monoisotopic (exact) mass is 866 g/mol. The van der Waals surface area contributed by atoms with Crippen molar-refractivity contribution in [3.8, 4) is 0 Å². The topological polar surface area (TPSA) is 224 Å². The van der Waals surface area contributed by atoms with Crippen molar-refractivity contribution in [1.82, 2.24) is 25.8 Å². The van der Waals surface area contributed by atoms with E-state index in [2.05, 4.69) is 20.9 Å². The standard InChI is InChI=1S/C34H50N6O4S.2C2HF3O2/c35-27-15-20-40(21-16-27)34(44)39-29(24-26-11-5-2-6-12-26)33(43)37-19-14-31(42)38-28(23-25-9-3-1-4-10-25)30(41)17-22-45-32-13-7-8-18-36-32;2*3-2(4,5)1(6)7/h2,5-8,11-13,18,25,27-30,41H,1,3-4,9-10,14-17,19-24,35H2,(H,37,43)(H,38,42)(H,39,44);2*(H,6,7)/t28-,29-,30-;;/m0../s1. The van der Waals surface area contributed by atoms with Crippen molar-refractivity contribution in [3.63, 3.8) is 0 Å². The average Bonchev–Trinajstić information content (AvgIpc) is 3.18. The number of carboxylic acid groups (broad SMARTS) is 2. The van der Waals surface area contributed by atoms with E-state index in [4.69, 9.17) is 25.5 Å². The molecule has 4 amide bonds. The molecule has 3 atom stereocenters. The number of likely N-dealkylation sites (tertiary alicyclic amines) is 1. The van der Waals surface area contributed by atoms with Crippen LogP contribution in [0.15, 0.2) is 59.8 Å². The number of carbonyl (C=O) groups excluding carboxylic acids is 3. The van der Waals surface area contributed by atoms with Gasteiger partial charge in [0.05, 0.1) is 17.2 Å². The van der Waals surface area contributed by atoms with Crippen LogP contribution < -0.4 is 21.7 Å². The van der Waals surface area contributed by atoms with Crippen molar-refractivity contribution in [2.75, 3.05) is 25.4 Å². The van der Waals surface area contributed by atoms with Gasteiger partial charge in [0.25, 0.3) is 0 Å². The molecular formula is C38H52F6N6O8S. The predicted octanol–water partition coefficient (Wildman–Crippen LogP) is 4.90. The summed E-state index contributed by atoms with van der Waals surface area (Å²) >= 11 is 1.59. The number of piperidine rings is 1. The van der Waals surface area contributed by atoms with Gasteiger partial charge in [-0.15, -0.1) is 11.8 Å². The summed E-state index contributed by atoms with van der Waals surface area (Å²) in [5, 5.41) is 35.1. The minimum atomic E-state index is -5.08. The van der Waals surface area contributed by atoms with E-state index >= 15 is 0 Å². The van der Waals surface area contributed by atoms with Crippen molar-refractivity contribution in [2.24, 2.45) is 11.7 Å². The Morgan fingerprint density at radius 2 is 1.42 bits per heavy atom. The van der Waals surface area contributed by atoms with Gasteiger partial charge in [0, 0.05) is 50.5 Å². The minimum absolute atomic E-state index is 0.0817. The zero-order chi connectivity index (χ0) is 44.0. The molecule has 8 N–H and O–H groups in total. The molecule has 1 aliphatic heterocycles. The number of carbonyl (C=O) groups is 5. The van der Waals surface area contributed by atoms with Crippen LogP contribution in [-0.2, 0) is 25.6 Å². The number of amides is 4. The van der Waals surface area contributed by atoms with E-state index in [9.17, 15) is 45.8 Å². The molecule has 59 heavy (non-hydrogen) atoms. The van der Waals surface area contributed by atoms with Gasteiger partial charge in [-0.25, -0.2) is 19.4 Å². The largest absolute Gasteiger partial charge is 0.490 e. The molecule has 330 valence electrons. The van der Waals surface area contributed by atoms with Crippen molar-refractivity contribution >= 4 is 41.5 Å². The van der Waals surface area contributed by atoms with E-state index < -0.39 is 36.4 Å². The number of thioether (sulfide) groups is 1. The van der Waals surface area contributed by atoms with Gasteiger partial charge in [-0.1, -0.05) is 68.5 Å². The minimum Gasteiger partial charge on any atom is -0.475 e. The molecule has 1 aromatic heterocycles. The van der Waals surface area contributed by atoms with Gasteiger partial charge in [0.2, 0.25) is 11.8 Å². The number of alkyl halides is 6. The molecule has 1 aliphatic carbocycles. The van der Waals surface area contributed by atoms with E-state index in [1.807, 2.05) is 48.5 Å². The first-order chi connectivity index (χ1) is 27.8. The third-order valence-corrected chi connectivity index (χ3v) is 10.3. The van der Waals surface area contributed by atoms with E-state index in [1.165, 1.54) is 19.3 Å². The van der Waals surface area contributed by atoms with Gasteiger partial charge < -0.3 is 41.9 Å². The number of aliphatic hydroxyl groups excluding tert-OH is 1. The molecule has 0 bridgehead atoms. The smallest absolute Gasteiger partial charge is 0.475 e. The number of nitrogens with two attached hydrogens (primary N) is 1. The Morgan fingerprint density at radius 1 is 0.847 bits per heavy atom. The number of aromatic nitrogens is 1. The zero-order valence-corrected chi connectivity index (χ0v) is 33.0. The second-order valence-corrected chi connectivity index (χ2v) is 15.1. The lowest BCUT2D eigenvalue weighted by Gasteiger charge is -2.31. The van der Waals surface area contributed by atoms with Crippen LogP contribution >= 0.6 is 11.8 Å². The van der Waals surface area contributed by atoms with Crippen molar-refractivity contribution < 1.29 is 65.6 Å². The van der Waals surface area contributed by atoms with Crippen LogP contribution in [0.5, 0.6) is 0 Å². The number of rotatable bonds is 15. The number of nitrogens with zero attached hydrogens (tertiary/aromatic N) is 2. The Balaban J connectivity index is 0.000000732. The van der Waals surface area contributed by atoms with Gasteiger partial charge in [-0.05, 0) is 49.3 Å². The molecule has 2 fully saturated rings. The summed E-state index contributed by atoms with van der Waals surface area (Å²) in [6, 6.07) is 14.0. The van der Waals surface area contributed by atoms with Gasteiger partial charge in [0.15, 0.2) is 0 Å². The highest BCUT2D eigenvalue weighted by Gasteiger charge is 2.39. The zero-order valence-electron chi connectivity index (χ0n) is 32.2. The maximum atomic E-state index is 13.3. The fraction of sp³-hybridized carbons (Fsp3) is 0.579. The molecule has 14 nitrogen and oxygen atoms in total.